The molecule has 4 aliphatic carbocycles. The molecule has 22 nitrogen and oxygen atoms in total. The van der Waals surface area contributed by atoms with E-state index in [4.69, 9.17) is 22.7 Å². The van der Waals surface area contributed by atoms with Crippen molar-refractivity contribution in [2.45, 2.75) is 257 Å². The summed E-state index contributed by atoms with van der Waals surface area (Å²) in [7, 11) is 0. The van der Waals surface area contributed by atoms with Crippen LogP contribution in [0.4, 0.5) is 62.8 Å². The SMILES string of the molecule is CC(=O)CCc1cc(NC2CCC(F)(F)CC2)nc(-c2nc(CF)cs2)c1.CC(=O)CCc1cc(NC2CCC(F)(F)CC2)nc(-c2nc(CO)cs2)c1.CC(=O)CCc1cc(NC2CCC(F)(F)CC2)nc(C(N)=S)c1.CCOC(=O)C(=O)CBr.CCOC(=O)c1csc(-c2cc(CCC(C)=O)cc(NC3CCC(F)(F)CC3)n2)n1. The molecule has 4 saturated carbocycles. The topological polar surface area (TPSA) is 323 Å². The van der Waals surface area contributed by atoms with E-state index < -0.39 is 48.1 Å². The fourth-order valence-electron chi connectivity index (χ4n) is 12.5. The summed E-state index contributed by atoms with van der Waals surface area (Å²) < 4.78 is 129. The van der Waals surface area contributed by atoms with E-state index in [0.29, 0.717) is 175 Å². The molecule has 0 spiro atoms. The lowest BCUT2D eigenvalue weighted by Gasteiger charge is -2.29. The number of Topliss-reactive ketones (excluding diaryl/α,β-unsaturated/α-hetero) is 5. The third-order valence-electron chi connectivity index (χ3n) is 18.8. The van der Waals surface area contributed by atoms with Crippen LogP contribution in [-0.4, -0.2) is 152 Å². The highest BCUT2D eigenvalue weighted by Gasteiger charge is 2.39. The summed E-state index contributed by atoms with van der Waals surface area (Å²) in [5.74, 6) is -9.40. The first-order valence-electron chi connectivity index (χ1n) is 38.3. The van der Waals surface area contributed by atoms with Crippen LogP contribution in [0, 0.1) is 0 Å². The Bertz CT molecular complexity index is 4310. The molecule has 7 N–H and O–H groups in total. The summed E-state index contributed by atoms with van der Waals surface area (Å²) in [6.07, 6.45) is 5.99. The molecule has 7 heterocycles. The van der Waals surface area contributed by atoms with Crippen LogP contribution in [0.5, 0.6) is 0 Å². The summed E-state index contributed by atoms with van der Waals surface area (Å²) in [6, 6.07) is 14.5. The Morgan fingerprint density at radius 2 is 0.776 bits per heavy atom. The first-order chi connectivity index (χ1) is 54.9. The Balaban J connectivity index is 0.000000207. The van der Waals surface area contributed by atoms with Gasteiger partial charge in [0.2, 0.25) is 29.5 Å². The van der Waals surface area contributed by atoms with Gasteiger partial charge in [-0.25, -0.2) is 84.0 Å². The number of ketones is 5. The summed E-state index contributed by atoms with van der Waals surface area (Å²) >= 11 is 11.8. The number of esters is 2. The fourth-order valence-corrected chi connectivity index (χ4v) is 15.1. The molecule has 7 aromatic heterocycles. The molecule has 7 aromatic rings. The molecule has 632 valence electrons. The molecule has 4 fully saturated rings. The number of nitrogens with one attached hydrogen (secondary N) is 4. The van der Waals surface area contributed by atoms with Crippen LogP contribution >= 0.6 is 62.2 Å². The van der Waals surface area contributed by atoms with Gasteiger partial charge in [-0.15, -0.1) is 34.0 Å². The van der Waals surface area contributed by atoms with Crippen molar-refractivity contribution < 1.29 is 87.7 Å². The number of rotatable bonds is 31. The van der Waals surface area contributed by atoms with E-state index in [1.54, 1.807) is 43.0 Å². The number of thiocarbonyl (C=S) groups is 1. The maximum absolute atomic E-state index is 13.4. The number of halogens is 10. The second-order valence-corrected chi connectivity index (χ2v) is 32.4. The lowest BCUT2D eigenvalue weighted by atomic mass is 9.92. The maximum Gasteiger partial charge on any atom is 0.375 e. The predicted molar refractivity (Wildman–Crippen MR) is 438 cm³/mol. The Kier molecular flexibility index (Phi) is 37.3. The Labute approximate surface area is 693 Å². The van der Waals surface area contributed by atoms with Crippen molar-refractivity contribution in [1.29, 1.82) is 0 Å². The van der Waals surface area contributed by atoms with Gasteiger partial charge in [-0.2, -0.15) is 0 Å². The van der Waals surface area contributed by atoms with E-state index in [0.717, 1.165) is 22.3 Å². The molecule has 0 atom stereocenters. The number of aromatic nitrogens is 7. The average molecular weight is 1770 g/mol. The Morgan fingerprint density at radius 3 is 1.07 bits per heavy atom. The minimum Gasteiger partial charge on any atom is -0.461 e. The summed E-state index contributed by atoms with van der Waals surface area (Å²) in [5, 5.41) is 29.1. The number of anilines is 4. The van der Waals surface area contributed by atoms with Gasteiger partial charge in [0.05, 0.1) is 42.2 Å². The number of hydrogen-bond acceptors (Lipinski definition) is 25. The van der Waals surface area contributed by atoms with Gasteiger partial charge in [0, 0.05) is 117 Å². The van der Waals surface area contributed by atoms with Gasteiger partial charge in [-0.3, -0.25) is 4.79 Å². The van der Waals surface area contributed by atoms with Gasteiger partial charge in [-0.1, -0.05) is 28.1 Å². The number of nitrogens with two attached hydrogens (primary N) is 1. The first-order valence-corrected chi connectivity index (χ1v) is 42.4. The van der Waals surface area contributed by atoms with Gasteiger partial charge in [-0.05, 0) is 189 Å². The third kappa shape index (κ3) is 33.2. The van der Waals surface area contributed by atoms with E-state index in [1.165, 1.54) is 54.8 Å². The predicted octanol–water partition coefficient (Wildman–Crippen LogP) is 18.0. The van der Waals surface area contributed by atoms with E-state index in [9.17, 15) is 78.2 Å². The molecule has 0 aromatic carbocycles. The highest BCUT2D eigenvalue weighted by molar-refractivity contribution is 9.09. The van der Waals surface area contributed by atoms with Crippen LogP contribution in [-0.2, 0) is 77.2 Å². The third-order valence-corrected chi connectivity index (χ3v) is 22.2. The molecule has 4 aliphatic rings. The quantitative estimate of drug-likeness (QED) is 0.00773. The number of alkyl halides is 10. The number of nitrogens with zero attached hydrogens (tertiary/aromatic N) is 7. The van der Waals surface area contributed by atoms with Crippen LogP contribution in [0.1, 0.15) is 220 Å². The number of hydrogen-bond donors (Lipinski definition) is 6. The molecule has 11 rings (SSSR count). The molecule has 0 saturated heterocycles. The van der Waals surface area contributed by atoms with E-state index in [-0.39, 0.29) is 135 Å². The van der Waals surface area contributed by atoms with Crippen molar-refractivity contribution in [3.05, 3.63) is 110 Å². The van der Waals surface area contributed by atoms with Crippen LogP contribution in [0.2, 0.25) is 0 Å². The van der Waals surface area contributed by atoms with Crippen LogP contribution < -0.4 is 27.0 Å². The van der Waals surface area contributed by atoms with Crippen molar-refractivity contribution in [3.63, 3.8) is 0 Å². The minimum atomic E-state index is -2.59. The monoisotopic (exact) mass is 1760 g/mol. The molecule has 0 bridgehead atoms. The largest absolute Gasteiger partial charge is 0.461 e. The smallest absolute Gasteiger partial charge is 0.375 e. The molecule has 0 unspecified atom stereocenters. The first kappa shape index (κ1) is 94.8. The number of aryl methyl sites for hydroxylation is 4. The van der Waals surface area contributed by atoms with Crippen molar-refractivity contribution >= 4 is 131 Å². The molecular weight excluding hydrogens is 1670 g/mol. The second-order valence-electron chi connectivity index (χ2n) is 28.9. The number of carbonyl (C=O) groups excluding carboxylic acids is 7. The highest BCUT2D eigenvalue weighted by Crippen LogP contribution is 2.40. The summed E-state index contributed by atoms with van der Waals surface area (Å²) in [5.41, 5.74) is 12.8. The van der Waals surface area contributed by atoms with Gasteiger partial charge in [0.15, 0.2) is 5.69 Å². The standard InChI is InChI=1S/C21H25F2N3O3S.C19H22F3N3OS.C19H23F2N3O2S.C16H21F2N3OS.C5H7BrO3/c1-3-29-20(28)17-12-30-19(26-17)16-10-14(5-4-13(2)27)11-18(25-16)24-15-6-8-21(22,23)9-7-15;1-12(26)2-3-13-8-16(18-24-15(10-20)11-27-18)25-17(9-13)23-14-4-6-19(21,22)7-5-14;1-12(26)2-3-13-8-16(18-23-15(10-25)11-27-18)24-17(9-13)22-14-4-6-19(20,21)7-5-14;1-10(22)2-3-11-8-13(15(19)23)21-14(9-11)20-12-4-6-16(17,18)7-5-12;1-2-9-5(8)4(7)3-6/h10-12,15H,3-9H2,1-2H3,(H,24,25);8-9,11,14H,2-7,10H2,1H3,(H,23,25);8-9,11,14,25H,2-7,10H2,1H3,(H,22,24);8-9,12H,2-7H2,1H3,(H2,19,23)(H,20,21);2-3H2,1H3. The average Bonchev–Trinajstić information content (AvgIpc) is 1.56. The molecular formula is C80H98BrF9N12O10S4. The summed E-state index contributed by atoms with van der Waals surface area (Å²) in [4.78, 5) is 109. The summed E-state index contributed by atoms with van der Waals surface area (Å²) in [6.45, 7) is 9.28. The van der Waals surface area contributed by atoms with Crippen molar-refractivity contribution in [3.8, 4) is 32.1 Å². The number of aliphatic hydroxyl groups excluding tert-OH is 1. The van der Waals surface area contributed by atoms with Crippen LogP contribution in [0.25, 0.3) is 32.1 Å². The molecule has 0 aliphatic heterocycles. The zero-order valence-electron chi connectivity index (χ0n) is 65.4. The minimum absolute atomic E-state index is 0.0336. The number of aliphatic hydroxyl groups is 1. The zero-order chi connectivity index (χ0) is 84.9. The molecule has 0 radical (unpaired) electrons. The maximum atomic E-state index is 13.4. The normalized spacial score (nSPS) is 16.3. The molecule has 36 heteroatoms. The lowest BCUT2D eigenvalue weighted by molar-refractivity contribution is -0.152. The Morgan fingerprint density at radius 1 is 0.466 bits per heavy atom. The number of thiazole rings is 3. The number of carbonyl (C=O) groups is 7. The van der Waals surface area contributed by atoms with E-state index >= 15 is 0 Å². The highest BCUT2D eigenvalue weighted by atomic mass is 79.9. The molecule has 116 heavy (non-hydrogen) atoms. The Hall–Kier alpha value is -8.32. The number of ether oxygens (including phenoxy) is 2. The van der Waals surface area contributed by atoms with Crippen molar-refractivity contribution in [2.75, 3.05) is 39.8 Å². The van der Waals surface area contributed by atoms with E-state index in [1.807, 2.05) is 42.5 Å². The van der Waals surface area contributed by atoms with Gasteiger partial charge < -0.3 is 60.8 Å². The fraction of sp³-hybridized carbons (Fsp3) is 0.537. The second kappa shape index (κ2) is 45.6. The van der Waals surface area contributed by atoms with Gasteiger partial charge in [0.25, 0.3) is 0 Å². The number of pyridine rings is 4. The van der Waals surface area contributed by atoms with Gasteiger partial charge in [0.1, 0.15) is 90.2 Å². The van der Waals surface area contributed by atoms with Crippen molar-refractivity contribution in [2.24, 2.45) is 5.73 Å². The van der Waals surface area contributed by atoms with Crippen LogP contribution in [0.3, 0.4) is 0 Å². The lowest BCUT2D eigenvalue weighted by Crippen LogP contribution is -2.32. The van der Waals surface area contributed by atoms with Crippen LogP contribution in [0.15, 0.2) is 64.7 Å². The van der Waals surface area contributed by atoms with E-state index in [2.05, 4.69) is 76.8 Å². The zero-order valence-corrected chi connectivity index (χ0v) is 70.3. The van der Waals surface area contributed by atoms with Crippen molar-refractivity contribution in [1.82, 2.24) is 34.9 Å². The van der Waals surface area contributed by atoms with Gasteiger partial charge >= 0.3 is 11.9 Å². The molecule has 0 amide bonds.